The number of thiophene rings is 1. The van der Waals surface area contributed by atoms with Crippen molar-refractivity contribution in [3.05, 3.63) is 21.9 Å². The van der Waals surface area contributed by atoms with Crippen molar-refractivity contribution in [1.29, 1.82) is 0 Å². The van der Waals surface area contributed by atoms with Crippen LogP contribution in [0.2, 0.25) is 0 Å². The van der Waals surface area contributed by atoms with Gasteiger partial charge in [-0.3, -0.25) is 0 Å². The molecule has 0 aliphatic carbocycles. The van der Waals surface area contributed by atoms with E-state index < -0.39 is 0 Å². The third-order valence-electron chi connectivity index (χ3n) is 3.61. The summed E-state index contributed by atoms with van der Waals surface area (Å²) >= 11 is 1.87. The SMILES string of the molecule is CNC(CCCC1CCCO1)c1sccc1C. The first-order valence-corrected chi connectivity index (χ1v) is 7.52. The van der Waals surface area contributed by atoms with Crippen LogP contribution in [0, 0.1) is 6.92 Å². The lowest BCUT2D eigenvalue weighted by Gasteiger charge is -2.17. The molecule has 2 rings (SSSR count). The minimum Gasteiger partial charge on any atom is -0.378 e. The minimum absolute atomic E-state index is 0.524. The van der Waals surface area contributed by atoms with Crippen molar-refractivity contribution in [1.82, 2.24) is 5.32 Å². The maximum Gasteiger partial charge on any atom is 0.0576 e. The van der Waals surface area contributed by atoms with E-state index in [1.54, 1.807) is 0 Å². The second-order valence-corrected chi connectivity index (χ2v) is 5.82. The smallest absolute Gasteiger partial charge is 0.0576 e. The van der Waals surface area contributed by atoms with Gasteiger partial charge in [0, 0.05) is 17.5 Å². The molecule has 2 heterocycles. The maximum atomic E-state index is 5.67. The van der Waals surface area contributed by atoms with Crippen LogP contribution in [0.5, 0.6) is 0 Å². The number of aryl methyl sites for hydroxylation is 1. The first kappa shape index (κ1) is 13.1. The molecule has 96 valence electrons. The fraction of sp³-hybridized carbons (Fsp3) is 0.714. The summed E-state index contributed by atoms with van der Waals surface area (Å²) in [6, 6.07) is 2.74. The minimum atomic E-state index is 0.524. The predicted molar refractivity (Wildman–Crippen MR) is 73.7 cm³/mol. The summed E-state index contributed by atoms with van der Waals surface area (Å²) in [5.74, 6) is 0. The van der Waals surface area contributed by atoms with Crippen LogP contribution in [0.1, 0.15) is 48.6 Å². The largest absolute Gasteiger partial charge is 0.378 e. The van der Waals surface area contributed by atoms with E-state index in [1.165, 1.54) is 42.5 Å². The van der Waals surface area contributed by atoms with Crippen molar-refractivity contribution in [3.8, 4) is 0 Å². The van der Waals surface area contributed by atoms with E-state index >= 15 is 0 Å². The van der Waals surface area contributed by atoms with E-state index in [4.69, 9.17) is 4.74 Å². The average Bonchev–Trinajstić information content (AvgIpc) is 2.96. The lowest BCUT2D eigenvalue weighted by molar-refractivity contribution is 0.101. The second-order valence-electron chi connectivity index (χ2n) is 4.88. The molecular weight excluding hydrogens is 230 g/mol. The highest BCUT2D eigenvalue weighted by Gasteiger charge is 2.17. The molecule has 1 aromatic rings. The van der Waals surface area contributed by atoms with Crippen molar-refractivity contribution in [3.63, 3.8) is 0 Å². The Morgan fingerprint density at radius 3 is 3.06 bits per heavy atom. The van der Waals surface area contributed by atoms with Crippen LogP contribution >= 0.6 is 11.3 Å². The zero-order valence-electron chi connectivity index (χ0n) is 10.9. The van der Waals surface area contributed by atoms with Gasteiger partial charge in [0.2, 0.25) is 0 Å². The number of hydrogen-bond donors (Lipinski definition) is 1. The molecule has 3 heteroatoms. The van der Waals surface area contributed by atoms with Crippen LogP contribution in [-0.2, 0) is 4.74 Å². The van der Waals surface area contributed by atoms with Gasteiger partial charge >= 0.3 is 0 Å². The van der Waals surface area contributed by atoms with Gasteiger partial charge in [0.15, 0.2) is 0 Å². The second kappa shape index (κ2) is 6.53. The zero-order valence-corrected chi connectivity index (χ0v) is 11.7. The van der Waals surface area contributed by atoms with E-state index in [1.807, 2.05) is 11.3 Å². The predicted octanol–water partition coefficient (Wildman–Crippen LogP) is 3.67. The molecule has 2 unspecified atom stereocenters. The molecule has 17 heavy (non-hydrogen) atoms. The first-order valence-electron chi connectivity index (χ1n) is 6.64. The van der Waals surface area contributed by atoms with Gasteiger partial charge in [0.05, 0.1) is 6.10 Å². The number of nitrogens with one attached hydrogen (secondary N) is 1. The normalized spacial score (nSPS) is 21.9. The highest BCUT2D eigenvalue weighted by atomic mass is 32.1. The van der Waals surface area contributed by atoms with Crippen LogP contribution in [0.15, 0.2) is 11.4 Å². The fourth-order valence-electron chi connectivity index (χ4n) is 2.57. The molecule has 0 radical (unpaired) electrons. The Morgan fingerprint density at radius 2 is 2.47 bits per heavy atom. The van der Waals surface area contributed by atoms with Crippen LogP contribution < -0.4 is 5.32 Å². The van der Waals surface area contributed by atoms with Crippen LogP contribution in [-0.4, -0.2) is 19.8 Å². The van der Waals surface area contributed by atoms with Gasteiger partial charge < -0.3 is 10.1 Å². The molecular formula is C14H23NOS. The Morgan fingerprint density at radius 1 is 1.59 bits per heavy atom. The van der Waals surface area contributed by atoms with Crippen molar-refractivity contribution >= 4 is 11.3 Å². The van der Waals surface area contributed by atoms with Crippen molar-refractivity contribution in [2.75, 3.05) is 13.7 Å². The first-order chi connectivity index (χ1) is 8.31. The Labute approximate surface area is 108 Å². The van der Waals surface area contributed by atoms with Crippen LogP contribution in [0.4, 0.5) is 0 Å². The van der Waals surface area contributed by atoms with Gasteiger partial charge in [-0.1, -0.05) is 0 Å². The molecule has 0 saturated carbocycles. The van der Waals surface area contributed by atoms with Gasteiger partial charge in [-0.15, -0.1) is 11.3 Å². The molecule has 0 aromatic carbocycles. The molecule has 1 fully saturated rings. The van der Waals surface area contributed by atoms with E-state index in [9.17, 15) is 0 Å². The van der Waals surface area contributed by atoms with Gasteiger partial charge in [0.25, 0.3) is 0 Å². The van der Waals surface area contributed by atoms with Gasteiger partial charge in [-0.05, 0) is 63.1 Å². The fourth-order valence-corrected chi connectivity index (χ4v) is 3.64. The lowest BCUT2D eigenvalue weighted by Crippen LogP contribution is -2.16. The summed E-state index contributed by atoms with van der Waals surface area (Å²) in [6.45, 7) is 3.18. The van der Waals surface area contributed by atoms with E-state index in [0.717, 1.165) is 6.61 Å². The van der Waals surface area contributed by atoms with E-state index in [2.05, 4.69) is 30.7 Å². The van der Waals surface area contributed by atoms with Crippen LogP contribution in [0.25, 0.3) is 0 Å². The van der Waals surface area contributed by atoms with Crippen LogP contribution in [0.3, 0.4) is 0 Å². The highest BCUT2D eigenvalue weighted by Crippen LogP contribution is 2.28. The van der Waals surface area contributed by atoms with Gasteiger partial charge in [-0.25, -0.2) is 0 Å². The molecule has 0 amide bonds. The summed E-state index contributed by atoms with van der Waals surface area (Å²) in [4.78, 5) is 1.50. The Balaban J connectivity index is 1.77. The summed E-state index contributed by atoms with van der Waals surface area (Å²) < 4.78 is 5.67. The third kappa shape index (κ3) is 3.54. The summed E-state index contributed by atoms with van der Waals surface area (Å²) in [5, 5.41) is 5.63. The van der Waals surface area contributed by atoms with Crippen molar-refractivity contribution in [2.24, 2.45) is 0 Å². The molecule has 1 aliphatic heterocycles. The van der Waals surface area contributed by atoms with E-state index in [-0.39, 0.29) is 0 Å². The molecule has 0 bridgehead atoms. The quantitative estimate of drug-likeness (QED) is 0.835. The summed E-state index contributed by atoms with van der Waals surface area (Å²) in [5.41, 5.74) is 1.42. The monoisotopic (exact) mass is 253 g/mol. The molecule has 0 spiro atoms. The molecule has 1 aliphatic rings. The molecule has 2 nitrogen and oxygen atoms in total. The number of hydrogen-bond acceptors (Lipinski definition) is 3. The number of ether oxygens (including phenoxy) is 1. The highest BCUT2D eigenvalue weighted by molar-refractivity contribution is 7.10. The third-order valence-corrected chi connectivity index (χ3v) is 4.74. The Kier molecular flexibility index (Phi) is 5.01. The summed E-state index contributed by atoms with van der Waals surface area (Å²) in [7, 11) is 2.07. The Bertz CT molecular complexity index is 331. The van der Waals surface area contributed by atoms with E-state index in [0.29, 0.717) is 12.1 Å². The van der Waals surface area contributed by atoms with Crippen molar-refractivity contribution < 1.29 is 4.74 Å². The topological polar surface area (TPSA) is 21.3 Å². The molecule has 2 atom stereocenters. The molecule has 1 saturated heterocycles. The summed E-state index contributed by atoms with van der Waals surface area (Å²) in [6.07, 6.45) is 6.76. The maximum absolute atomic E-state index is 5.67. The van der Waals surface area contributed by atoms with Crippen molar-refractivity contribution in [2.45, 2.75) is 51.2 Å². The molecule has 1 N–H and O–H groups in total. The van der Waals surface area contributed by atoms with Gasteiger partial charge in [0.1, 0.15) is 0 Å². The molecule has 1 aromatic heterocycles. The standard InChI is InChI=1S/C14H23NOS/c1-11-8-10-17-14(11)13(15-2)7-3-5-12-6-4-9-16-12/h8,10,12-13,15H,3-7,9H2,1-2H3. The van der Waals surface area contributed by atoms with Gasteiger partial charge in [-0.2, -0.15) is 0 Å². The lowest BCUT2D eigenvalue weighted by atomic mass is 10.0. The number of rotatable bonds is 6. The Hall–Kier alpha value is -0.380. The zero-order chi connectivity index (χ0) is 12.1. The average molecular weight is 253 g/mol.